The Morgan fingerprint density at radius 1 is 1.12 bits per heavy atom. The molecule has 2 aromatic carbocycles. The van der Waals surface area contributed by atoms with Gasteiger partial charge in [-0.1, -0.05) is 36.4 Å². The number of nitrogens with one attached hydrogen (secondary N) is 2. The predicted molar refractivity (Wildman–Crippen MR) is 94.2 cm³/mol. The summed E-state index contributed by atoms with van der Waals surface area (Å²) >= 11 is 0. The van der Waals surface area contributed by atoms with Crippen LogP contribution >= 0.6 is 0 Å². The van der Waals surface area contributed by atoms with Crippen molar-refractivity contribution in [1.82, 2.24) is 10.0 Å². The summed E-state index contributed by atoms with van der Waals surface area (Å²) in [7, 11) is -3.66. The summed E-state index contributed by atoms with van der Waals surface area (Å²) in [5.41, 5.74) is 1.27. The number of benzene rings is 2. The van der Waals surface area contributed by atoms with E-state index in [0.29, 0.717) is 12.1 Å². The van der Waals surface area contributed by atoms with E-state index in [4.69, 9.17) is 0 Å². The fraction of sp³-hybridized carbons (Fsp3) is 0.167. The van der Waals surface area contributed by atoms with Crippen molar-refractivity contribution in [3.63, 3.8) is 0 Å². The van der Waals surface area contributed by atoms with Crippen LogP contribution < -0.4 is 10.0 Å². The smallest absolute Gasteiger partial charge is 0.251 e. The van der Waals surface area contributed by atoms with Crippen LogP contribution in [0.1, 0.15) is 28.9 Å². The van der Waals surface area contributed by atoms with E-state index in [1.165, 1.54) is 24.3 Å². The van der Waals surface area contributed by atoms with Crippen LogP contribution in [0.25, 0.3) is 0 Å². The van der Waals surface area contributed by atoms with E-state index >= 15 is 0 Å². The van der Waals surface area contributed by atoms with Crippen molar-refractivity contribution in [2.24, 2.45) is 0 Å². The zero-order chi connectivity index (χ0) is 17.6. The number of sulfonamides is 1. The van der Waals surface area contributed by atoms with Crippen LogP contribution in [0.3, 0.4) is 0 Å². The topological polar surface area (TPSA) is 75.3 Å². The second-order valence-electron chi connectivity index (χ2n) is 5.28. The zero-order valence-corrected chi connectivity index (χ0v) is 14.2. The molecule has 0 bridgehead atoms. The second-order valence-corrected chi connectivity index (χ2v) is 6.99. The third-order valence-electron chi connectivity index (χ3n) is 3.47. The van der Waals surface area contributed by atoms with Gasteiger partial charge in [0.05, 0.1) is 4.90 Å². The lowest BCUT2D eigenvalue weighted by molar-refractivity contribution is 0.0958. The lowest BCUT2D eigenvalue weighted by atomic mass is 10.1. The van der Waals surface area contributed by atoms with Gasteiger partial charge in [-0.05, 0) is 36.8 Å². The molecule has 0 fully saturated rings. The molecule has 0 aliphatic rings. The van der Waals surface area contributed by atoms with Crippen LogP contribution in [0.15, 0.2) is 72.1 Å². The highest BCUT2D eigenvalue weighted by Crippen LogP contribution is 2.17. The molecular formula is C18H20N2O3S. The van der Waals surface area contributed by atoms with E-state index in [9.17, 15) is 13.2 Å². The first-order valence-electron chi connectivity index (χ1n) is 7.50. The zero-order valence-electron chi connectivity index (χ0n) is 13.4. The Morgan fingerprint density at radius 3 is 2.33 bits per heavy atom. The molecule has 126 valence electrons. The van der Waals surface area contributed by atoms with Crippen LogP contribution in [0.4, 0.5) is 0 Å². The third-order valence-corrected chi connectivity index (χ3v) is 5.02. The minimum atomic E-state index is -3.66. The summed E-state index contributed by atoms with van der Waals surface area (Å²) in [5.74, 6) is -0.274. The lowest BCUT2D eigenvalue weighted by Gasteiger charge is -2.14. The van der Waals surface area contributed by atoms with Gasteiger partial charge in [0.15, 0.2) is 0 Å². The molecule has 0 saturated carbocycles. The molecule has 1 amide bonds. The monoisotopic (exact) mass is 344 g/mol. The minimum Gasteiger partial charge on any atom is -0.349 e. The summed E-state index contributed by atoms with van der Waals surface area (Å²) in [5, 5.41) is 2.64. The van der Waals surface area contributed by atoms with Gasteiger partial charge < -0.3 is 5.32 Å². The Labute approximate surface area is 142 Å². The van der Waals surface area contributed by atoms with Crippen molar-refractivity contribution < 1.29 is 13.2 Å². The van der Waals surface area contributed by atoms with Crippen molar-refractivity contribution in [2.45, 2.75) is 17.9 Å². The summed E-state index contributed by atoms with van der Waals surface area (Å²) in [4.78, 5) is 11.9. The Morgan fingerprint density at radius 2 is 1.75 bits per heavy atom. The Kier molecular flexibility index (Phi) is 5.89. The van der Waals surface area contributed by atoms with Crippen LogP contribution in [0.2, 0.25) is 0 Å². The highest BCUT2D eigenvalue weighted by atomic mass is 32.2. The van der Waals surface area contributed by atoms with Crippen molar-refractivity contribution >= 4 is 15.9 Å². The highest BCUT2D eigenvalue weighted by molar-refractivity contribution is 7.89. The van der Waals surface area contributed by atoms with Gasteiger partial charge in [0.2, 0.25) is 10.0 Å². The van der Waals surface area contributed by atoms with Gasteiger partial charge in [0, 0.05) is 18.2 Å². The molecular weight excluding hydrogens is 324 g/mol. The second kappa shape index (κ2) is 7.90. The van der Waals surface area contributed by atoms with E-state index in [-0.39, 0.29) is 16.8 Å². The number of amides is 1. The number of carbonyl (C=O) groups is 1. The Bertz CT molecular complexity index is 800. The molecule has 2 aromatic rings. The van der Waals surface area contributed by atoms with E-state index in [2.05, 4.69) is 16.6 Å². The fourth-order valence-electron chi connectivity index (χ4n) is 2.16. The molecule has 2 N–H and O–H groups in total. The largest absolute Gasteiger partial charge is 0.349 e. The van der Waals surface area contributed by atoms with Crippen LogP contribution in [0.5, 0.6) is 0 Å². The van der Waals surface area contributed by atoms with E-state index in [1.807, 2.05) is 30.3 Å². The molecule has 6 heteroatoms. The van der Waals surface area contributed by atoms with Gasteiger partial charge >= 0.3 is 0 Å². The van der Waals surface area contributed by atoms with E-state index in [0.717, 1.165) is 5.56 Å². The molecule has 1 atom stereocenters. The number of carbonyl (C=O) groups excluding carboxylic acids is 1. The molecule has 0 spiro atoms. The molecule has 0 aliphatic heterocycles. The van der Waals surface area contributed by atoms with Gasteiger partial charge in [-0.25, -0.2) is 13.1 Å². The summed E-state index contributed by atoms with van der Waals surface area (Å²) in [6, 6.07) is 14.8. The number of hydrogen-bond acceptors (Lipinski definition) is 3. The summed E-state index contributed by atoms with van der Waals surface area (Å²) < 4.78 is 27.5. The minimum absolute atomic E-state index is 0.116. The Balaban J connectivity index is 2.12. The number of hydrogen-bond donors (Lipinski definition) is 2. The van der Waals surface area contributed by atoms with Gasteiger partial charge in [-0.3, -0.25) is 4.79 Å². The molecule has 1 unspecified atom stereocenters. The third kappa shape index (κ3) is 4.53. The van der Waals surface area contributed by atoms with Crippen LogP contribution in [-0.2, 0) is 10.0 Å². The normalized spacial score (nSPS) is 12.4. The molecule has 24 heavy (non-hydrogen) atoms. The summed E-state index contributed by atoms with van der Waals surface area (Å²) in [6.07, 6.45) is 1.58. The Hall–Kier alpha value is -2.44. The quantitative estimate of drug-likeness (QED) is 0.758. The highest BCUT2D eigenvalue weighted by Gasteiger charge is 2.18. The SMILES string of the molecule is C=CCNC(=O)c1ccc(S(=O)(=O)NC(C)c2ccccc2)cc1. The van der Waals surface area contributed by atoms with Gasteiger partial charge in [-0.2, -0.15) is 0 Å². The van der Waals surface area contributed by atoms with Crippen LogP contribution in [0, 0.1) is 0 Å². The van der Waals surface area contributed by atoms with Crippen molar-refractivity contribution in [2.75, 3.05) is 6.54 Å². The molecule has 2 rings (SSSR count). The first kappa shape index (κ1) is 17.9. The molecule has 5 nitrogen and oxygen atoms in total. The van der Waals surface area contributed by atoms with Crippen molar-refractivity contribution in [1.29, 1.82) is 0 Å². The van der Waals surface area contributed by atoms with Gasteiger partial charge in [-0.15, -0.1) is 6.58 Å². The van der Waals surface area contributed by atoms with Gasteiger partial charge in [0.1, 0.15) is 0 Å². The van der Waals surface area contributed by atoms with Crippen molar-refractivity contribution in [3.8, 4) is 0 Å². The first-order chi connectivity index (χ1) is 11.4. The lowest BCUT2D eigenvalue weighted by Crippen LogP contribution is -2.27. The number of rotatable bonds is 7. The summed E-state index contributed by atoms with van der Waals surface area (Å²) in [6.45, 7) is 5.66. The van der Waals surface area contributed by atoms with Crippen molar-refractivity contribution in [3.05, 3.63) is 78.4 Å². The molecule has 0 aromatic heterocycles. The fourth-order valence-corrected chi connectivity index (χ4v) is 3.39. The predicted octanol–water partition coefficient (Wildman–Crippen LogP) is 2.64. The molecule has 0 aliphatic carbocycles. The first-order valence-corrected chi connectivity index (χ1v) is 8.99. The van der Waals surface area contributed by atoms with Crippen LogP contribution in [-0.4, -0.2) is 20.9 Å². The maximum Gasteiger partial charge on any atom is 0.251 e. The average molecular weight is 344 g/mol. The molecule has 0 heterocycles. The molecule has 0 radical (unpaired) electrons. The standard InChI is InChI=1S/C18H20N2O3S/c1-3-13-19-18(21)16-9-11-17(12-10-16)24(22,23)20-14(2)15-7-5-4-6-8-15/h3-12,14,20H,1,13H2,2H3,(H,19,21). The average Bonchev–Trinajstić information content (AvgIpc) is 2.60. The van der Waals surface area contributed by atoms with E-state index in [1.54, 1.807) is 13.0 Å². The van der Waals surface area contributed by atoms with E-state index < -0.39 is 10.0 Å². The maximum atomic E-state index is 12.4. The molecule has 0 saturated heterocycles. The van der Waals surface area contributed by atoms with Gasteiger partial charge in [0.25, 0.3) is 5.91 Å². The maximum absolute atomic E-state index is 12.4.